The fourth-order valence-electron chi connectivity index (χ4n) is 10.5. The maximum atomic E-state index is 14.2. The molecule has 4 amide bonds. The van der Waals surface area contributed by atoms with Gasteiger partial charge in [-0.3, -0.25) is 24.1 Å². The molecule has 0 radical (unpaired) electrons. The van der Waals surface area contributed by atoms with Crippen LogP contribution < -0.4 is 25.6 Å². The number of likely N-dealkylation sites (tertiary alicyclic amines) is 1. The molecule has 1 saturated carbocycles. The second-order valence-corrected chi connectivity index (χ2v) is 22.6. The first kappa shape index (κ1) is 53.2. The maximum absolute atomic E-state index is 14.2. The summed E-state index contributed by atoms with van der Waals surface area (Å²) in [7, 11) is 0. The van der Waals surface area contributed by atoms with Gasteiger partial charge in [0.1, 0.15) is 42.4 Å². The number of anilines is 1. The van der Waals surface area contributed by atoms with Crippen LogP contribution in [0.15, 0.2) is 66.3 Å². The third kappa shape index (κ3) is 12.2. The number of nitrogens with zero attached hydrogens (tertiary/aromatic N) is 6. The molecule has 0 spiro atoms. The van der Waals surface area contributed by atoms with E-state index in [1.807, 2.05) is 70.5 Å². The number of hydrogen-bond acceptors (Lipinski definition) is 13. The number of aliphatic hydroxyl groups excluding tert-OH is 1. The van der Waals surface area contributed by atoms with E-state index >= 15 is 0 Å². The zero-order valence-electron chi connectivity index (χ0n) is 42.3. The summed E-state index contributed by atoms with van der Waals surface area (Å²) in [6, 6.07) is 16.3. The minimum atomic E-state index is -0.967. The van der Waals surface area contributed by atoms with Crippen molar-refractivity contribution in [1.82, 2.24) is 35.7 Å². The predicted molar refractivity (Wildman–Crippen MR) is 274 cm³/mol. The molecule has 2 saturated heterocycles. The highest BCUT2D eigenvalue weighted by molar-refractivity contribution is 7.13. The van der Waals surface area contributed by atoms with Gasteiger partial charge in [-0.2, -0.15) is 5.26 Å². The lowest BCUT2D eigenvalue weighted by atomic mass is 9.49. The number of β-amino-alcohol motifs (C(OH)–C–C–N with tert-alkyl or cyclic N) is 1. The van der Waals surface area contributed by atoms with Crippen molar-refractivity contribution in [2.75, 3.05) is 57.4 Å². The average molecular weight is 1010 g/mol. The molecule has 7 rings (SSSR count). The second kappa shape index (κ2) is 22.0. The average Bonchev–Trinajstić information content (AvgIpc) is 3.87. The zero-order valence-corrected chi connectivity index (χ0v) is 43.8. The van der Waals surface area contributed by atoms with Crippen molar-refractivity contribution in [1.29, 1.82) is 5.26 Å². The van der Waals surface area contributed by atoms with E-state index in [0.717, 1.165) is 53.6 Å². The van der Waals surface area contributed by atoms with Crippen molar-refractivity contribution in [2.45, 2.75) is 112 Å². The van der Waals surface area contributed by atoms with Gasteiger partial charge < -0.3 is 40.3 Å². The molecule has 1 unspecified atom stereocenters. The number of amides is 4. The van der Waals surface area contributed by atoms with Gasteiger partial charge in [-0.05, 0) is 67.6 Å². The molecule has 0 bridgehead atoms. The van der Waals surface area contributed by atoms with E-state index in [1.165, 1.54) is 4.90 Å². The van der Waals surface area contributed by atoms with Crippen molar-refractivity contribution in [3.63, 3.8) is 0 Å². The standard InChI is InChI=1S/C53H68ClN9O7S/c1-32(34-11-13-35(14-12-34)44-33(2)57-31-71-44)58-47(67)41-25-38(64)29-63(41)48(68)45(51(3,4)5)59-43(65)30-69-24-23-61-19-10-20-62(22-21-61)42-18-16-37(28-56-42)46(66)60-49-52(6,7)50(53(49,8)9)70-39-17-15-36(27-55)40(54)26-39/h11-18,26,28,31-32,38,41,45,49-50,64H,10,19-25,29-30H2,1-9H3,(H,58,67)(H,59,65)(H,60,66)/t32-,38+,41-,45?,49?,50?/m0/s1. The van der Waals surface area contributed by atoms with Crippen LogP contribution >= 0.6 is 22.9 Å². The van der Waals surface area contributed by atoms with Gasteiger partial charge in [0.25, 0.3) is 5.91 Å². The Bertz CT molecular complexity index is 2580. The molecule has 71 heavy (non-hydrogen) atoms. The molecule has 4 atom stereocenters. The van der Waals surface area contributed by atoms with Crippen LogP contribution in [0.5, 0.6) is 5.75 Å². The van der Waals surface area contributed by atoms with Gasteiger partial charge in [-0.15, -0.1) is 11.3 Å². The van der Waals surface area contributed by atoms with Crippen molar-refractivity contribution in [3.8, 4) is 22.3 Å². The highest BCUT2D eigenvalue weighted by Gasteiger charge is 2.64. The molecule has 4 aromatic rings. The van der Waals surface area contributed by atoms with Gasteiger partial charge >= 0.3 is 0 Å². The van der Waals surface area contributed by atoms with Gasteiger partial charge in [-0.1, -0.05) is 84.3 Å². The number of pyridine rings is 1. The van der Waals surface area contributed by atoms with E-state index in [0.29, 0.717) is 41.6 Å². The van der Waals surface area contributed by atoms with Crippen LogP contribution in [-0.2, 0) is 19.1 Å². The highest BCUT2D eigenvalue weighted by Crippen LogP contribution is 2.55. The Morgan fingerprint density at radius 3 is 2.35 bits per heavy atom. The maximum Gasteiger partial charge on any atom is 0.253 e. The summed E-state index contributed by atoms with van der Waals surface area (Å²) >= 11 is 7.84. The number of carbonyl (C=O) groups excluding carboxylic acids is 4. The molecule has 2 aliphatic heterocycles. The van der Waals surface area contributed by atoms with Crippen molar-refractivity contribution in [2.24, 2.45) is 16.2 Å². The second-order valence-electron chi connectivity index (χ2n) is 21.3. The first-order valence-corrected chi connectivity index (χ1v) is 25.6. The van der Waals surface area contributed by atoms with E-state index in [1.54, 1.807) is 41.8 Å². The lowest BCUT2D eigenvalue weighted by molar-refractivity contribution is -0.164. The zero-order chi connectivity index (χ0) is 51.4. The highest BCUT2D eigenvalue weighted by atomic mass is 35.5. The fraction of sp³-hybridized carbons (Fsp3) is 0.528. The lowest BCUT2D eigenvalue weighted by Crippen LogP contribution is -2.74. The normalized spacial score (nSPS) is 21.8. The van der Waals surface area contributed by atoms with Crippen molar-refractivity contribution >= 4 is 52.4 Å². The Labute approximate surface area is 426 Å². The van der Waals surface area contributed by atoms with E-state index < -0.39 is 46.2 Å². The number of halogens is 1. The molecule has 16 nitrogen and oxygen atoms in total. The number of ether oxygens (including phenoxy) is 2. The number of nitriles is 1. The van der Waals surface area contributed by atoms with Gasteiger partial charge in [0.15, 0.2) is 0 Å². The SMILES string of the molecule is Cc1ncsc1-c1ccc([C@H](C)NC(=O)[C@@H]2C[C@@H](O)CN2C(=O)C(NC(=O)COCCN2CCCN(c3ccc(C(=O)NC4C(C)(C)C(Oc5ccc(C#N)c(Cl)c5)C4(C)C)cn3)CC2)C(C)(C)C)cc1. The Hall–Kier alpha value is -5.64. The van der Waals surface area contributed by atoms with Crippen LogP contribution in [-0.4, -0.2) is 131 Å². The molecular formula is C53H68ClN9O7S. The monoisotopic (exact) mass is 1010 g/mol. The van der Waals surface area contributed by atoms with Gasteiger partial charge in [-0.25, -0.2) is 9.97 Å². The van der Waals surface area contributed by atoms with Crippen LogP contribution in [0.25, 0.3) is 10.4 Å². The Balaban J connectivity index is 0.844. The number of rotatable bonds is 16. The number of carbonyl (C=O) groups is 4. The quantitative estimate of drug-likeness (QED) is 0.0884. The summed E-state index contributed by atoms with van der Waals surface area (Å²) in [6.45, 7) is 21.4. The molecule has 2 aromatic heterocycles. The summed E-state index contributed by atoms with van der Waals surface area (Å²) in [5.74, 6) is -0.102. The Kier molecular flexibility index (Phi) is 16.5. The van der Waals surface area contributed by atoms with E-state index in [2.05, 4.69) is 69.5 Å². The van der Waals surface area contributed by atoms with Gasteiger partial charge in [0.05, 0.1) is 51.0 Å². The third-order valence-corrected chi connectivity index (χ3v) is 15.5. The largest absolute Gasteiger partial charge is 0.489 e. The number of nitrogens with one attached hydrogen (secondary N) is 3. The van der Waals surface area contributed by atoms with E-state index in [9.17, 15) is 29.5 Å². The van der Waals surface area contributed by atoms with Crippen LogP contribution in [0.1, 0.15) is 101 Å². The number of aromatic nitrogens is 2. The summed E-state index contributed by atoms with van der Waals surface area (Å²) < 4.78 is 12.2. The molecule has 3 fully saturated rings. The summed E-state index contributed by atoms with van der Waals surface area (Å²) in [4.78, 5) is 70.7. The number of thiazole rings is 1. The smallest absolute Gasteiger partial charge is 0.253 e. The molecule has 18 heteroatoms. The fourth-order valence-corrected chi connectivity index (χ4v) is 11.5. The van der Waals surface area contributed by atoms with Crippen molar-refractivity contribution < 1.29 is 33.8 Å². The molecule has 1 aliphatic carbocycles. The first-order chi connectivity index (χ1) is 33.6. The Morgan fingerprint density at radius 2 is 1.72 bits per heavy atom. The molecular weight excluding hydrogens is 942 g/mol. The summed E-state index contributed by atoms with van der Waals surface area (Å²) in [5, 5.41) is 29.4. The number of aryl methyl sites for hydroxylation is 1. The van der Waals surface area contributed by atoms with Crippen LogP contribution in [0.2, 0.25) is 5.02 Å². The van der Waals surface area contributed by atoms with Gasteiger partial charge in [0.2, 0.25) is 17.7 Å². The number of benzene rings is 2. The molecule has 4 N–H and O–H groups in total. The minimum Gasteiger partial charge on any atom is -0.489 e. The molecule has 3 aliphatic rings. The van der Waals surface area contributed by atoms with E-state index in [4.69, 9.17) is 21.1 Å². The molecule has 4 heterocycles. The third-order valence-electron chi connectivity index (χ3n) is 14.2. The molecule has 2 aromatic carbocycles. The minimum absolute atomic E-state index is 0.0190. The molecule has 380 valence electrons. The number of hydrogen-bond donors (Lipinski definition) is 4. The van der Waals surface area contributed by atoms with Crippen LogP contribution in [0, 0.1) is 34.5 Å². The first-order valence-electron chi connectivity index (χ1n) is 24.4. The van der Waals surface area contributed by atoms with Crippen molar-refractivity contribution in [3.05, 3.63) is 93.7 Å². The predicted octanol–water partition coefficient (Wildman–Crippen LogP) is 6.55. The summed E-state index contributed by atoms with van der Waals surface area (Å²) in [6.07, 6.45) is 1.49. The van der Waals surface area contributed by atoms with E-state index in [-0.39, 0.29) is 49.6 Å². The Morgan fingerprint density at radius 1 is 0.986 bits per heavy atom. The van der Waals surface area contributed by atoms with Crippen LogP contribution in [0.4, 0.5) is 5.82 Å². The lowest BCUT2D eigenvalue weighted by Gasteiger charge is -2.63. The van der Waals surface area contributed by atoms with Gasteiger partial charge in [0, 0.05) is 68.3 Å². The van der Waals surface area contributed by atoms with Crippen LogP contribution in [0.3, 0.4) is 0 Å². The topological polar surface area (TPSA) is 202 Å². The summed E-state index contributed by atoms with van der Waals surface area (Å²) in [5.41, 5.74) is 4.06. The number of aliphatic hydroxyl groups is 1.